The van der Waals surface area contributed by atoms with Gasteiger partial charge in [-0.3, -0.25) is 0 Å². The summed E-state index contributed by atoms with van der Waals surface area (Å²) in [6.07, 6.45) is 0. The third-order valence-electron chi connectivity index (χ3n) is 0.598. The van der Waals surface area contributed by atoms with Crippen LogP contribution in [0, 0.1) is 6.92 Å². The Hall–Kier alpha value is -0.150. The summed E-state index contributed by atoms with van der Waals surface area (Å²) in [5, 5.41) is 1.95. The van der Waals surface area contributed by atoms with Crippen LogP contribution in [0.25, 0.3) is 0 Å². The number of thiazole rings is 1. The molecule has 0 saturated heterocycles. The summed E-state index contributed by atoms with van der Waals surface area (Å²) in [7, 11) is 0. The van der Waals surface area contributed by atoms with Crippen molar-refractivity contribution in [2.24, 2.45) is 0 Å². The lowest BCUT2D eigenvalue weighted by molar-refractivity contribution is 1.17. The molecular weight excluding hydrogens is 126 g/mol. The molecule has 0 bridgehead atoms. The Kier molecular flexibility index (Phi) is 1.25. The van der Waals surface area contributed by atoms with Crippen molar-refractivity contribution < 1.29 is 0 Å². The van der Waals surface area contributed by atoms with E-state index in [-0.39, 0.29) is 0 Å². The highest BCUT2D eigenvalue weighted by Gasteiger charge is 1.88. The quantitative estimate of drug-likeness (QED) is 0.523. The van der Waals surface area contributed by atoms with Crippen molar-refractivity contribution in [3.05, 3.63) is 11.1 Å². The van der Waals surface area contributed by atoms with Gasteiger partial charge < -0.3 is 0 Å². The zero-order valence-electron chi connectivity index (χ0n) is 3.84. The van der Waals surface area contributed by atoms with E-state index in [4.69, 9.17) is 12.6 Å². The highest BCUT2D eigenvalue weighted by atomic mass is 32.2. The van der Waals surface area contributed by atoms with Crippen LogP contribution in [0.4, 0.5) is 0 Å². The Morgan fingerprint density at radius 3 is 2.71 bits per heavy atom. The highest BCUT2D eigenvalue weighted by Crippen LogP contribution is 2.11. The minimum atomic E-state index is 0.734. The van der Waals surface area contributed by atoms with Crippen LogP contribution in [0.15, 0.2) is 9.72 Å². The van der Waals surface area contributed by atoms with E-state index in [2.05, 4.69) is 4.98 Å². The first-order chi connectivity index (χ1) is 3.29. The van der Waals surface area contributed by atoms with Crippen molar-refractivity contribution in [3.63, 3.8) is 0 Å². The molecule has 0 saturated carbocycles. The Balaban J connectivity index is 3.04. The van der Waals surface area contributed by atoms with E-state index in [1.54, 1.807) is 0 Å². The molecule has 1 rings (SSSR count). The van der Waals surface area contributed by atoms with Gasteiger partial charge in [0.05, 0.1) is 0 Å². The van der Waals surface area contributed by atoms with Gasteiger partial charge in [-0.2, -0.15) is 0 Å². The van der Waals surface area contributed by atoms with Crippen molar-refractivity contribution in [2.45, 2.75) is 11.3 Å². The minimum absolute atomic E-state index is 0.734. The number of rotatable bonds is 0. The SMILES string of the molecule is Cc1csc([S])n1. The largest absolute Gasteiger partial charge is 0.231 e. The molecular formula is C4H4NS2. The predicted molar refractivity (Wildman–Crippen MR) is 32.7 cm³/mol. The van der Waals surface area contributed by atoms with Gasteiger partial charge in [0.25, 0.3) is 0 Å². The molecule has 0 amide bonds. The molecule has 7 heavy (non-hydrogen) atoms. The van der Waals surface area contributed by atoms with Crippen molar-refractivity contribution in [1.82, 2.24) is 4.98 Å². The molecule has 0 aromatic carbocycles. The standard InChI is InChI=1S/C4H4NS2/c1-3-2-7-4(6)5-3/h2H,1H3. The van der Waals surface area contributed by atoms with Crippen molar-refractivity contribution >= 4 is 24.0 Å². The minimum Gasteiger partial charge on any atom is -0.231 e. The maximum Gasteiger partial charge on any atom is 0.180 e. The summed E-state index contributed by atoms with van der Waals surface area (Å²) >= 11 is 6.25. The molecule has 0 N–H and O–H groups in total. The van der Waals surface area contributed by atoms with E-state index in [9.17, 15) is 0 Å². The molecule has 1 nitrogen and oxygen atoms in total. The molecule has 0 aliphatic heterocycles. The van der Waals surface area contributed by atoms with Gasteiger partial charge in [0.1, 0.15) is 0 Å². The topological polar surface area (TPSA) is 12.9 Å². The highest BCUT2D eigenvalue weighted by molar-refractivity contribution is 7.82. The molecule has 0 atom stereocenters. The average molecular weight is 130 g/mol. The van der Waals surface area contributed by atoms with Crippen LogP contribution in [0.3, 0.4) is 0 Å². The average Bonchev–Trinajstić information content (AvgIpc) is 1.87. The summed E-state index contributed by atoms with van der Waals surface area (Å²) in [5.74, 6) is 0. The van der Waals surface area contributed by atoms with Gasteiger partial charge in [-0.1, -0.05) is 0 Å². The second-order valence-electron chi connectivity index (χ2n) is 1.25. The van der Waals surface area contributed by atoms with Crippen LogP contribution in [0.5, 0.6) is 0 Å². The molecule has 37 valence electrons. The first-order valence-corrected chi connectivity index (χ1v) is 3.17. The number of hydrogen-bond acceptors (Lipinski definition) is 2. The zero-order chi connectivity index (χ0) is 5.28. The van der Waals surface area contributed by atoms with Crippen LogP contribution in [0.1, 0.15) is 5.69 Å². The summed E-state index contributed by atoms with van der Waals surface area (Å²) in [4.78, 5) is 3.94. The van der Waals surface area contributed by atoms with Crippen LogP contribution in [-0.4, -0.2) is 4.98 Å². The fraction of sp³-hybridized carbons (Fsp3) is 0.250. The number of nitrogens with zero attached hydrogens (tertiary/aromatic N) is 1. The Labute approximate surface area is 51.8 Å². The molecule has 0 unspecified atom stereocenters. The number of aromatic nitrogens is 1. The summed E-state index contributed by atoms with van der Waals surface area (Å²) in [5.41, 5.74) is 1.02. The smallest absolute Gasteiger partial charge is 0.180 e. The predicted octanol–water partition coefficient (Wildman–Crippen LogP) is 2.01. The molecule has 1 aromatic rings. The van der Waals surface area contributed by atoms with Gasteiger partial charge in [0.2, 0.25) is 0 Å². The summed E-state index contributed by atoms with van der Waals surface area (Å²) in [6.45, 7) is 1.94. The van der Waals surface area contributed by atoms with Crippen LogP contribution < -0.4 is 0 Å². The Bertz CT molecular complexity index is 142. The third kappa shape index (κ3) is 1.11. The summed E-state index contributed by atoms with van der Waals surface area (Å²) < 4.78 is 0.734. The van der Waals surface area contributed by atoms with E-state index >= 15 is 0 Å². The molecule has 1 aromatic heterocycles. The monoisotopic (exact) mass is 130 g/mol. The second-order valence-corrected chi connectivity index (χ2v) is 2.76. The van der Waals surface area contributed by atoms with E-state index in [1.807, 2.05) is 12.3 Å². The van der Waals surface area contributed by atoms with Crippen LogP contribution in [-0.2, 0) is 0 Å². The third-order valence-corrected chi connectivity index (χ3v) is 1.73. The molecule has 0 spiro atoms. The van der Waals surface area contributed by atoms with E-state index in [1.165, 1.54) is 11.3 Å². The van der Waals surface area contributed by atoms with Gasteiger partial charge in [-0.05, 0) is 19.6 Å². The maximum atomic E-state index is 4.74. The van der Waals surface area contributed by atoms with Crippen molar-refractivity contribution in [2.75, 3.05) is 0 Å². The lowest BCUT2D eigenvalue weighted by Gasteiger charge is -1.68. The van der Waals surface area contributed by atoms with Crippen molar-refractivity contribution in [3.8, 4) is 0 Å². The maximum absolute atomic E-state index is 4.74. The molecule has 1 radical (unpaired) electrons. The second kappa shape index (κ2) is 1.76. The van der Waals surface area contributed by atoms with Gasteiger partial charge in [-0.25, -0.2) is 4.98 Å². The normalized spacial score (nSPS) is 9.29. The Morgan fingerprint density at radius 1 is 1.86 bits per heavy atom. The first-order valence-electron chi connectivity index (χ1n) is 1.88. The number of hydrogen-bond donors (Lipinski definition) is 0. The summed E-state index contributed by atoms with van der Waals surface area (Å²) in [6, 6.07) is 0. The van der Waals surface area contributed by atoms with Gasteiger partial charge in [-0.15, -0.1) is 11.3 Å². The molecule has 0 aliphatic carbocycles. The lowest BCUT2D eigenvalue weighted by Crippen LogP contribution is -1.63. The van der Waals surface area contributed by atoms with Gasteiger partial charge in [0.15, 0.2) is 4.34 Å². The Morgan fingerprint density at radius 2 is 2.57 bits per heavy atom. The molecule has 0 fully saturated rings. The fourth-order valence-electron chi connectivity index (χ4n) is 0.332. The van der Waals surface area contributed by atoms with Crippen molar-refractivity contribution in [1.29, 1.82) is 0 Å². The number of aryl methyl sites for hydroxylation is 1. The van der Waals surface area contributed by atoms with Gasteiger partial charge >= 0.3 is 0 Å². The van der Waals surface area contributed by atoms with E-state index < -0.39 is 0 Å². The molecule has 3 heteroatoms. The van der Waals surface area contributed by atoms with E-state index in [0.29, 0.717) is 0 Å². The van der Waals surface area contributed by atoms with Crippen LogP contribution in [0.2, 0.25) is 0 Å². The van der Waals surface area contributed by atoms with E-state index in [0.717, 1.165) is 10.0 Å². The van der Waals surface area contributed by atoms with Crippen LogP contribution >= 0.6 is 24.0 Å². The zero-order valence-corrected chi connectivity index (χ0v) is 5.47. The first kappa shape index (κ1) is 5.00. The van der Waals surface area contributed by atoms with Gasteiger partial charge in [0, 0.05) is 11.1 Å². The fourth-order valence-corrected chi connectivity index (χ4v) is 1.14. The molecule has 1 heterocycles. The lowest BCUT2D eigenvalue weighted by atomic mass is 10.6. The molecule has 0 aliphatic rings.